The third-order valence-corrected chi connectivity index (χ3v) is 3.70. The molecular formula is C18H18FN3O. The van der Waals surface area contributed by atoms with Gasteiger partial charge in [0.1, 0.15) is 17.2 Å². The summed E-state index contributed by atoms with van der Waals surface area (Å²) in [6.45, 7) is 2.20. The van der Waals surface area contributed by atoms with E-state index < -0.39 is 0 Å². The number of benzene rings is 1. The maximum atomic E-state index is 13.7. The van der Waals surface area contributed by atoms with E-state index in [0.29, 0.717) is 11.3 Å². The Bertz CT molecular complexity index is 841. The predicted octanol–water partition coefficient (Wildman–Crippen LogP) is 3.36. The van der Waals surface area contributed by atoms with Gasteiger partial charge in [-0.05, 0) is 24.6 Å². The van der Waals surface area contributed by atoms with E-state index in [9.17, 15) is 9.18 Å². The molecule has 23 heavy (non-hydrogen) atoms. The molecule has 4 nitrogen and oxygen atoms in total. The van der Waals surface area contributed by atoms with Crippen molar-refractivity contribution in [1.82, 2.24) is 14.7 Å². The summed E-state index contributed by atoms with van der Waals surface area (Å²) >= 11 is 0. The van der Waals surface area contributed by atoms with Crippen molar-refractivity contribution in [2.75, 3.05) is 0 Å². The van der Waals surface area contributed by atoms with Gasteiger partial charge in [0.05, 0.1) is 5.69 Å². The monoisotopic (exact) mass is 311 g/mol. The number of aryl methyl sites for hydroxylation is 1. The zero-order valence-corrected chi connectivity index (χ0v) is 12.9. The Morgan fingerprint density at radius 2 is 2.00 bits per heavy atom. The number of hydrogen-bond donors (Lipinski definition) is 1. The average Bonchev–Trinajstić information content (AvgIpc) is 2.92. The van der Waals surface area contributed by atoms with E-state index in [0.717, 1.165) is 24.2 Å². The standard InChI is InChI=1S/C18H18FN3O/c1-2-7-15-17(22-11-6-5-10-16(22)21-15)18(23)20-12-13-8-3-4-9-14(13)19/h3-6,8-11H,2,7,12H2,1H3,(H,20,23). The van der Waals surface area contributed by atoms with Crippen LogP contribution in [0, 0.1) is 5.82 Å². The van der Waals surface area contributed by atoms with Crippen LogP contribution in [-0.2, 0) is 13.0 Å². The van der Waals surface area contributed by atoms with Crippen molar-refractivity contribution in [3.05, 3.63) is 71.4 Å². The van der Waals surface area contributed by atoms with E-state index in [1.165, 1.54) is 6.07 Å². The van der Waals surface area contributed by atoms with Crippen LogP contribution in [0.25, 0.3) is 5.65 Å². The summed E-state index contributed by atoms with van der Waals surface area (Å²) in [5, 5.41) is 2.79. The minimum atomic E-state index is -0.320. The van der Waals surface area contributed by atoms with Crippen LogP contribution in [0.2, 0.25) is 0 Å². The van der Waals surface area contributed by atoms with Gasteiger partial charge in [0.25, 0.3) is 5.91 Å². The van der Waals surface area contributed by atoms with E-state index in [1.807, 2.05) is 31.3 Å². The number of fused-ring (bicyclic) bond motifs is 1. The first-order valence-corrected chi connectivity index (χ1v) is 7.68. The Balaban J connectivity index is 1.88. The number of pyridine rings is 1. The lowest BCUT2D eigenvalue weighted by Gasteiger charge is -2.07. The number of carbonyl (C=O) groups excluding carboxylic acids is 1. The van der Waals surface area contributed by atoms with Gasteiger partial charge in [-0.25, -0.2) is 9.37 Å². The van der Waals surface area contributed by atoms with E-state index in [-0.39, 0.29) is 18.3 Å². The van der Waals surface area contributed by atoms with Gasteiger partial charge in [-0.1, -0.05) is 37.6 Å². The lowest BCUT2D eigenvalue weighted by atomic mass is 10.2. The molecule has 0 aliphatic rings. The molecule has 2 heterocycles. The first-order chi connectivity index (χ1) is 11.2. The SMILES string of the molecule is CCCc1nc2ccccn2c1C(=O)NCc1ccccc1F. The second-order valence-corrected chi connectivity index (χ2v) is 5.36. The number of nitrogens with zero attached hydrogens (tertiary/aromatic N) is 2. The molecule has 5 heteroatoms. The van der Waals surface area contributed by atoms with Crippen LogP contribution in [0.1, 0.15) is 35.1 Å². The van der Waals surface area contributed by atoms with Crippen molar-refractivity contribution in [3.8, 4) is 0 Å². The van der Waals surface area contributed by atoms with Gasteiger partial charge in [-0.2, -0.15) is 0 Å². The van der Waals surface area contributed by atoms with E-state index in [2.05, 4.69) is 10.3 Å². The van der Waals surface area contributed by atoms with E-state index in [1.54, 1.807) is 22.6 Å². The van der Waals surface area contributed by atoms with Gasteiger partial charge in [0.2, 0.25) is 0 Å². The lowest BCUT2D eigenvalue weighted by Crippen LogP contribution is -2.25. The van der Waals surface area contributed by atoms with Gasteiger partial charge in [0, 0.05) is 18.3 Å². The molecule has 1 aromatic carbocycles. The quantitative estimate of drug-likeness (QED) is 0.785. The topological polar surface area (TPSA) is 46.4 Å². The highest BCUT2D eigenvalue weighted by atomic mass is 19.1. The van der Waals surface area contributed by atoms with Crippen molar-refractivity contribution in [3.63, 3.8) is 0 Å². The lowest BCUT2D eigenvalue weighted by molar-refractivity contribution is 0.0943. The second kappa shape index (κ2) is 6.60. The number of halogens is 1. The summed E-state index contributed by atoms with van der Waals surface area (Å²) in [5.41, 5.74) is 2.50. The Labute approximate surface area is 134 Å². The normalized spacial score (nSPS) is 10.9. The molecule has 0 saturated carbocycles. The molecule has 3 aromatic rings. The fourth-order valence-corrected chi connectivity index (χ4v) is 2.60. The highest BCUT2D eigenvalue weighted by Crippen LogP contribution is 2.15. The number of amides is 1. The van der Waals surface area contributed by atoms with E-state index in [4.69, 9.17) is 0 Å². The number of carbonyl (C=O) groups is 1. The first-order valence-electron chi connectivity index (χ1n) is 7.68. The van der Waals surface area contributed by atoms with Crippen LogP contribution in [0.3, 0.4) is 0 Å². The molecule has 0 aliphatic heterocycles. The molecule has 2 aromatic heterocycles. The Morgan fingerprint density at radius 3 is 2.78 bits per heavy atom. The van der Waals surface area contributed by atoms with E-state index >= 15 is 0 Å². The smallest absolute Gasteiger partial charge is 0.270 e. The summed E-state index contributed by atoms with van der Waals surface area (Å²) < 4.78 is 15.4. The van der Waals surface area contributed by atoms with Crippen molar-refractivity contribution in [2.45, 2.75) is 26.3 Å². The zero-order chi connectivity index (χ0) is 16.2. The molecule has 3 rings (SSSR count). The summed E-state index contributed by atoms with van der Waals surface area (Å²) in [4.78, 5) is 17.1. The Morgan fingerprint density at radius 1 is 1.22 bits per heavy atom. The highest BCUT2D eigenvalue weighted by molar-refractivity contribution is 5.94. The Hall–Kier alpha value is -2.69. The maximum absolute atomic E-state index is 13.7. The number of imidazole rings is 1. The third-order valence-electron chi connectivity index (χ3n) is 3.70. The molecule has 0 spiro atoms. The molecular weight excluding hydrogens is 293 g/mol. The summed E-state index contributed by atoms with van der Waals surface area (Å²) in [6.07, 6.45) is 3.45. The van der Waals surface area contributed by atoms with Gasteiger partial charge >= 0.3 is 0 Å². The maximum Gasteiger partial charge on any atom is 0.270 e. The number of hydrogen-bond acceptors (Lipinski definition) is 2. The molecule has 1 amide bonds. The van der Waals surface area contributed by atoms with Crippen molar-refractivity contribution >= 4 is 11.6 Å². The van der Waals surface area contributed by atoms with Crippen LogP contribution in [-0.4, -0.2) is 15.3 Å². The summed E-state index contributed by atoms with van der Waals surface area (Å²) in [6, 6.07) is 12.0. The largest absolute Gasteiger partial charge is 0.347 e. The van der Waals surface area contributed by atoms with Crippen LogP contribution in [0.4, 0.5) is 4.39 Å². The molecule has 1 N–H and O–H groups in total. The fourth-order valence-electron chi connectivity index (χ4n) is 2.60. The predicted molar refractivity (Wildman–Crippen MR) is 86.8 cm³/mol. The fraction of sp³-hybridized carbons (Fsp3) is 0.222. The zero-order valence-electron chi connectivity index (χ0n) is 12.9. The molecule has 0 fully saturated rings. The molecule has 0 unspecified atom stereocenters. The van der Waals surface area contributed by atoms with Gasteiger partial charge in [0.15, 0.2) is 0 Å². The first kappa shape index (κ1) is 15.2. The molecule has 0 radical (unpaired) electrons. The molecule has 0 aliphatic carbocycles. The second-order valence-electron chi connectivity index (χ2n) is 5.36. The number of nitrogens with one attached hydrogen (secondary N) is 1. The average molecular weight is 311 g/mol. The highest BCUT2D eigenvalue weighted by Gasteiger charge is 2.18. The summed E-state index contributed by atoms with van der Waals surface area (Å²) in [5.74, 6) is -0.560. The number of aromatic nitrogens is 2. The van der Waals surface area contributed by atoms with Crippen molar-refractivity contribution in [2.24, 2.45) is 0 Å². The number of rotatable bonds is 5. The third kappa shape index (κ3) is 3.08. The van der Waals surface area contributed by atoms with Crippen molar-refractivity contribution < 1.29 is 9.18 Å². The van der Waals surface area contributed by atoms with Crippen LogP contribution in [0.5, 0.6) is 0 Å². The minimum Gasteiger partial charge on any atom is -0.347 e. The molecule has 0 saturated heterocycles. The Kier molecular flexibility index (Phi) is 4.37. The molecule has 0 atom stereocenters. The van der Waals surface area contributed by atoms with Crippen molar-refractivity contribution in [1.29, 1.82) is 0 Å². The molecule has 118 valence electrons. The van der Waals surface area contributed by atoms with Crippen LogP contribution >= 0.6 is 0 Å². The van der Waals surface area contributed by atoms with Crippen LogP contribution < -0.4 is 5.32 Å². The van der Waals surface area contributed by atoms with Gasteiger partial charge in [-0.3, -0.25) is 9.20 Å². The molecule has 0 bridgehead atoms. The van der Waals surface area contributed by atoms with Gasteiger partial charge < -0.3 is 5.32 Å². The van der Waals surface area contributed by atoms with Gasteiger partial charge in [-0.15, -0.1) is 0 Å². The van der Waals surface area contributed by atoms with Crippen LogP contribution in [0.15, 0.2) is 48.7 Å². The minimum absolute atomic E-state index is 0.150. The summed E-state index contributed by atoms with van der Waals surface area (Å²) in [7, 11) is 0.